The summed E-state index contributed by atoms with van der Waals surface area (Å²) in [6.45, 7) is 2.63. The van der Waals surface area contributed by atoms with Crippen LogP contribution in [0.1, 0.15) is 34.6 Å². The minimum atomic E-state index is -0.0235. The highest BCUT2D eigenvalue weighted by atomic mass is 35.5. The van der Waals surface area contributed by atoms with Gasteiger partial charge < -0.3 is 21.4 Å². The molecule has 0 unspecified atom stereocenters. The lowest BCUT2D eigenvalue weighted by Crippen LogP contribution is -2.44. The molecule has 1 amide bonds. The molecule has 0 saturated heterocycles. The van der Waals surface area contributed by atoms with Gasteiger partial charge in [-0.3, -0.25) is 4.79 Å². The SMILES string of the molecule is Cc1nc2cccc(-c3cc4c([nH]3)CCNC4=O)c2nc1N[C@H]1C[C@@H](N)C1.Cl. The number of nitrogens with zero attached hydrogens (tertiary/aromatic N) is 2. The molecule has 5 N–H and O–H groups in total. The average Bonchev–Trinajstić information content (AvgIpc) is 3.06. The summed E-state index contributed by atoms with van der Waals surface area (Å²) in [6, 6.07) is 8.52. The Morgan fingerprint density at radius 3 is 2.79 bits per heavy atom. The zero-order valence-corrected chi connectivity index (χ0v) is 16.4. The van der Waals surface area contributed by atoms with Gasteiger partial charge in [-0.25, -0.2) is 9.97 Å². The fraction of sp³-hybridized carbons (Fsp3) is 0.350. The van der Waals surface area contributed by atoms with Gasteiger partial charge in [0.25, 0.3) is 5.91 Å². The minimum absolute atomic E-state index is 0. The highest BCUT2D eigenvalue weighted by Crippen LogP contribution is 2.31. The number of carbonyl (C=O) groups is 1. The third-order valence-corrected chi connectivity index (χ3v) is 5.48. The molecule has 28 heavy (non-hydrogen) atoms. The van der Waals surface area contributed by atoms with E-state index < -0.39 is 0 Å². The molecule has 2 aliphatic rings. The van der Waals surface area contributed by atoms with Gasteiger partial charge in [0.05, 0.1) is 16.8 Å². The summed E-state index contributed by atoms with van der Waals surface area (Å²) >= 11 is 0. The van der Waals surface area contributed by atoms with Crippen LogP contribution in [0.4, 0.5) is 5.82 Å². The summed E-state index contributed by atoms with van der Waals surface area (Å²) in [4.78, 5) is 25.1. The number of aryl methyl sites for hydroxylation is 1. The van der Waals surface area contributed by atoms with E-state index in [2.05, 4.69) is 15.6 Å². The summed E-state index contributed by atoms with van der Waals surface area (Å²) in [7, 11) is 0. The van der Waals surface area contributed by atoms with Gasteiger partial charge in [-0.15, -0.1) is 12.4 Å². The second kappa shape index (κ2) is 7.07. The van der Waals surface area contributed by atoms with Gasteiger partial charge in [0, 0.05) is 42.0 Å². The fourth-order valence-electron chi connectivity index (χ4n) is 3.93. The Labute approximate surface area is 168 Å². The van der Waals surface area contributed by atoms with Crippen molar-refractivity contribution >= 4 is 35.2 Å². The Hall–Kier alpha value is -2.64. The molecule has 0 bridgehead atoms. The van der Waals surface area contributed by atoms with E-state index in [0.29, 0.717) is 12.6 Å². The number of aromatic nitrogens is 3. The van der Waals surface area contributed by atoms with Gasteiger partial charge in [0.2, 0.25) is 0 Å². The number of halogens is 1. The number of nitrogens with two attached hydrogens (primary N) is 1. The fourth-order valence-corrected chi connectivity index (χ4v) is 3.93. The summed E-state index contributed by atoms with van der Waals surface area (Å²) in [5, 5.41) is 6.36. The van der Waals surface area contributed by atoms with Gasteiger partial charge in [-0.1, -0.05) is 12.1 Å². The molecular weight excluding hydrogens is 376 g/mol. The number of rotatable bonds is 3. The maximum absolute atomic E-state index is 12.1. The lowest BCUT2D eigenvalue weighted by atomic mass is 9.87. The van der Waals surface area contributed by atoms with Crippen LogP contribution in [0.25, 0.3) is 22.3 Å². The number of hydrogen-bond acceptors (Lipinski definition) is 5. The Kier molecular flexibility index (Phi) is 4.72. The van der Waals surface area contributed by atoms with Crippen LogP contribution >= 0.6 is 12.4 Å². The molecule has 3 aromatic rings. The second-order valence-corrected chi connectivity index (χ2v) is 7.48. The zero-order valence-electron chi connectivity index (χ0n) is 15.6. The molecular formula is C20H23ClN6O. The van der Waals surface area contributed by atoms with Crippen molar-refractivity contribution in [3.63, 3.8) is 0 Å². The van der Waals surface area contributed by atoms with Crippen molar-refractivity contribution in [2.24, 2.45) is 5.73 Å². The molecule has 146 valence electrons. The molecule has 0 radical (unpaired) electrons. The van der Waals surface area contributed by atoms with Gasteiger partial charge in [-0.2, -0.15) is 0 Å². The zero-order chi connectivity index (χ0) is 18.5. The number of amides is 1. The lowest BCUT2D eigenvalue weighted by molar-refractivity contribution is 0.0946. The predicted octanol–water partition coefficient (Wildman–Crippen LogP) is 2.54. The molecule has 7 nitrogen and oxygen atoms in total. The highest BCUT2D eigenvalue weighted by Gasteiger charge is 2.27. The molecule has 8 heteroatoms. The van der Waals surface area contributed by atoms with Crippen molar-refractivity contribution in [2.45, 2.75) is 38.3 Å². The van der Waals surface area contributed by atoms with Crippen LogP contribution in [0.3, 0.4) is 0 Å². The van der Waals surface area contributed by atoms with Crippen LogP contribution < -0.4 is 16.4 Å². The number of anilines is 1. The van der Waals surface area contributed by atoms with E-state index in [9.17, 15) is 4.79 Å². The second-order valence-electron chi connectivity index (χ2n) is 7.48. The molecule has 0 atom stereocenters. The van der Waals surface area contributed by atoms with Crippen molar-refractivity contribution in [2.75, 3.05) is 11.9 Å². The van der Waals surface area contributed by atoms with Crippen molar-refractivity contribution in [3.8, 4) is 11.3 Å². The first-order chi connectivity index (χ1) is 13.1. The van der Waals surface area contributed by atoms with Crippen LogP contribution in [-0.4, -0.2) is 39.5 Å². The number of para-hydroxylation sites is 1. The summed E-state index contributed by atoms with van der Waals surface area (Å²) in [5.41, 5.74) is 12.0. The molecule has 3 heterocycles. The van der Waals surface area contributed by atoms with E-state index in [0.717, 1.165) is 64.3 Å². The average molecular weight is 399 g/mol. The Balaban J connectivity index is 0.00000192. The van der Waals surface area contributed by atoms with Crippen LogP contribution in [0.2, 0.25) is 0 Å². The number of fused-ring (bicyclic) bond motifs is 2. The van der Waals surface area contributed by atoms with Crippen LogP contribution in [0, 0.1) is 6.92 Å². The van der Waals surface area contributed by atoms with Crippen molar-refractivity contribution in [1.82, 2.24) is 20.3 Å². The van der Waals surface area contributed by atoms with E-state index in [1.165, 1.54) is 0 Å². The van der Waals surface area contributed by atoms with Gasteiger partial charge >= 0.3 is 0 Å². The monoisotopic (exact) mass is 398 g/mol. The highest BCUT2D eigenvalue weighted by molar-refractivity contribution is 5.99. The maximum Gasteiger partial charge on any atom is 0.253 e. The Bertz CT molecular complexity index is 1060. The van der Waals surface area contributed by atoms with E-state index in [-0.39, 0.29) is 24.4 Å². The Morgan fingerprint density at radius 2 is 2.04 bits per heavy atom. The molecule has 1 aromatic carbocycles. The summed E-state index contributed by atoms with van der Waals surface area (Å²) in [5.74, 6) is 0.783. The van der Waals surface area contributed by atoms with Gasteiger partial charge in [0.1, 0.15) is 11.3 Å². The number of H-pyrrole nitrogens is 1. The molecule has 2 aromatic heterocycles. The predicted molar refractivity (Wildman–Crippen MR) is 112 cm³/mol. The smallest absolute Gasteiger partial charge is 0.253 e. The number of benzene rings is 1. The largest absolute Gasteiger partial charge is 0.366 e. The molecule has 1 aliphatic carbocycles. The number of hydrogen-bond donors (Lipinski definition) is 4. The molecule has 1 fully saturated rings. The first kappa shape index (κ1) is 18.7. The molecule has 1 saturated carbocycles. The first-order valence-electron chi connectivity index (χ1n) is 9.38. The van der Waals surface area contributed by atoms with Crippen LogP contribution in [-0.2, 0) is 6.42 Å². The van der Waals surface area contributed by atoms with Gasteiger partial charge in [0.15, 0.2) is 0 Å². The third kappa shape index (κ3) is 3.10. The van der Waals surface area contributed by atoms with E-state index in [1.54, 1.807) is 0 Å². The molecule has 0 spiro atoms. The third-order valence-electron chi connectivity index (χ3n) is 5.48. The molecule has 5 rings (SSSR count). The lowest BCUT2D eigenvalue weighted by Gasteiger charge is -2.33. The number of carbonyl (C=O) groups excluding carboxylic acids is 1. The van der Waals surface area contributed by atoms with Gasteiger partial charge in [-0.05, 0) is 31.9 Å². The topological polar surface area (TPSA) is 109 Å². The maximum atomic E-state index is 12.1. The molecule has 1 aliphatic heterocycles. The summed E-state index contributed by atoms with van der Waals surface area (Å²) in [6.07, 6.45) is 2.73. The van der Waals surface area contributed by atoms with E-state index in [4.69, 9.17) is 15.7 Å². The number of aromatic amines is 1. The van der Waals surface area contributed by atoms with E-state index >= 15 is 0 Å². The van der Waals surface area contributed by atoms with Crippen molar-refractivity contribution in [1.29, 1.82) is 0 Å². The number of nitrogens with one attached hydrogen (secondary N) is 3. The Morgan fingerprint density at radius 1 is 1.21 bits per heavy atom. The van der Waals surface area contributed by atoms with Crippen molar-refractivity contribution in [3.05, 3.63) is 41.2 Å². The normalized spacial score (nSPS) is 20.7. The van der Waals surface area contributed by atoms with Crippen molar-refractivity contribution < 1.29 is 4.79 Å². The minimum Gasteiger partial charge on any atom is -0.366 e. The summed E-state index contributed by atoms with van der Waals surface area (Å²) < 4.78 is 0. The first-order valence-corrected chi connectivity index (χ1v) is 9.38. The standard InChI is InChI=1S/C20H22N6O.ClH/c1-10-19(24-12-7-11(21)8-12)26-18-13(3-2-4-16(18)23-10)17-9-14-15(25-17)5-6-22-20(14)27;/h2-4,9,11-12,25H,5-8,21H2,1H3,(H,22,27)(H,24,26);1H/t11-,12+;. The quantitative estimate of drug-likeness (QED) is 0.542. The van der Waals surface area contributed by atoms with Crippen LogP contribution in [0.5, 0.6) is 0 Å². The van der Waals surface area contributed by atoms with E-state index in [1.807, 2.05) is 31.2 Å². The van der Waals surface area contributed by atoms with Crippen LogP contribution in [0.15, 0.2) is 24.3 Å².